The lowest BCUT2D eigenvalue weighted by molar-refractivity contribution is -0.130. The summed E-state index contributed by atoms with van der Waals surface area (Å²) >= 11 is 0. The van der Waals surface area contributed by atoms with E-state index in [4.69, 9.17) is 19.2 Å². The second-order valence-electron chi connectivity index (χ2n) is 8.62. The Morgan fingerprint density at radius 2 is 1.91 bits per heavy atom. The van der Waals surface area contributed by atoms with Gasteiger partial charge in [-0.25, -0.2) is 4.98 Å². The molecular formula is C27H35N3O4. The van der Waals surface area contributed by atoms with E-state index in [1.165, 1.54) is 5.52 Å². The number of aryl methyl sites for hydroxylation is 2. The van der Waals surface area contributed by atoms with E-state index in [-0.39, 0.29) is 12.0 Å². The van der Waals surface area contributed by atoms with Gasteiger partial charge in [0, 0.05) is 26.1 Å². The van der Waals surface area contributed by atoms with Crippen LogP contribution >= 0.6 is 0 Å². The molecule has 1 N–H and O–H groups in total. The molecule has 1 unspecified atom stereocenters. The summed E-state index contributed by atoms with van der Waals surface area (Å²) in [5.74, 6) is 2.67. The van der Waals surface area contributed by atoms with E-state index in [1.54, 1.807) is 7.11 Å². The molecule has 34 heavy (non-hydrogen) atoms. The standard InChI is InChI=1S/C27H35N3O4/c1-32-23-13-6-7-14-24(23)33-20-10-18-30-22-12-5-4-11-21(22)29-26(30)16-3-2-8-17-28-27(31)25-15-9-19-34-25/h4-7,11-14,25H,2-3,8-10,15-20H2,1H3,(H,28,31). The van der Waals surface area contributed by atoms with Crippen LogP contribution in [0, 0.1) is 0 Å². The summed E-state index contributed by atoms with van der Waals surface area (Å²) in [6.07, 6.45) is 6.42. The number of nitrogens with one attached hydrogen (secondary N) is 1. The number of amides is 1. The summed E-state index contributed by atoms with van der Waals surface area (Å²) in [7, 11) is 1.66. The van der Waals surface area contributed by atoms with E-state index >= 15 is 0 Å². The number of fused-ring (bicyclic) bond motifs is 1. The third kappa shape index (κ3) is 6.29. The highest BCUT2D eigenvalue weighted by Crippen LogP contribution is 2.26. The number of ether oxygens (including phenoxy) is 3. The Balaban J connectivity index is 1.25. The molecule has 182 valence electrons. The molecule has 1 fully saturated rings. The van der Waals surface area contributed by atoms with Crippen LogP contribution in [0.5, 0.6) is 11.5 Å². The van der Waals surface area contributed by atoms with Gasteiger partial charge in [0.2, 0.25) is 5.91 Å². The lowest BCUT2D eigenvalue weighted by atomic mass is 10.1. The van der Waals surface area contributed by atoms with Crippen molar-refractivity contribution in [2.75, 3.05) is 26.9 Å². The summed E-state index contributed by atoms with van der Waals surface area (Å²) in [4.78, 5) is 16.9. The molecule has 0 saturated carbocycles. The molecule has 1 aliphatic heterocycles. The van der Waals surface area contributed by atoms with Gasteiger partial charge in [-0.3, -0.25) is 4.79 Å². The van der Waals surface area contributed by atoms with Gasteiger partial charge in [0.05, 0.1) is 24.8 Å². The van der Waals surface area contributed by atoms with E-state index in [0.717, 1.165) is 74.3 Å². The van der Waals surface area contributed by atoms with Crippen molar-refractivity contribution in [2.24, 2.45) is 0 Å². The van der Waals surface area contributed by atoms with Gasteiger partial charge in [0.15, 0.2) is 11.5 Å². The van der Waals surface area contributed by atoms with E-state index in [1.807, 2.05) is 30.3 Å². The summed E-state index contributed by atoms with van der Waals surface area (Å²) < 4.78 is 19.1. The zero-order chi connectivity index (χ0) is 23.6. The fraction of sp³-hybridized carbons (Fsp3) is 0.481. The SMILES string of the molecule is COc1ccccc1OCCCn1c(CCCCCNC(=O)C2CCCO2)nc2ccccc21. The first-order valence-corrected chi connectivity index (χ1v) is 12.4. The molecule has 1 saturated heterocycles. The van der Waals surface area contributed by atoms with Gasteiger partial charge in [-0.1, -0.05) is 30.7 Å². The van der Waals surface area contributed by atoms with Crippen molar-refractivity contribution in [1.82, 2.24) is 14.9 Å². The molecule has 2 aromatic carbocycles. The average Bonchev–Trinajstić information content (AvgIpc) is 3.53. The minimum Gasteiger partial charge on any atom is -0.493 e. The van der Waals surface area contributed by atoms with Crippen LogP contribution in [0.25, 0.3) is 11.0 Å². The Morgan fingerprint density at radius 3 is 2.74 bits per heavy atom. The molecule has 0 radical (unpaired) electrons. The zero-order valence-corrected chi connectivity index (χ0v) is 20.0. The maximum absolute atomic E-state index is 12.0. The van der Waals surface area contributed by atoms with Crippen molar-refractivity contribution in [3.63, 3.8) is 0 Å². The number of hydrogen-bond acceptors (Lipinski definition) is 5. The van der Waals surface area contributed by atoms with Crippen LogP contribution in [-0.2, 0) is 22.5 Å². The Morgan fingerprint density at radius 1 is 1.09 bits per heavy atom. The zero-order valence-electron chi connectivity index (χ0n) is 20.0. The van der Waals surface area contributed by atoms with Crippen LogP contribution in [0.1, 0.15) is 44.3 Å². The van der Waals surface area contributed by atoms with E-state index in [2.05, 4.69) is 28.1 Å². The first kappa shape index (κ1) is 24.1. The molecular weight excluding hydrogens is 430 g/mol. The maximum Gasteiger partial charge on any atom is 0.249 e. The number of carbonyl (C=O) groups is 1. The van der Waals surface area contributed by atoms with E-state index < -0.39 is 0 Å². The van der Waals surface area contributed by atoms with Gasteiger partial charge < -0.3 is 24.1 Å². The second kappa shape index (κ2) is 12.4. The van der Waals surface area contributed by atoms with Crippen LogP contribution in [0.4, 0.5) is 0 Å². The highest BCUT2D eigenvalue weighted by atomic mass is 16.5. The number of rotatable bonds is 13. The number of unbranched alkanes of at least 4 members (excludes halogenated alkanes) is 2. The largest absolute Gasteiger partial charge is 0.493 e. The van der Waals surface area contributed by atoms with Crippen LogP contribution in [0.2, 0.25) is 0 Å². The monoisotopic (exact) mass is 465 g/mol. The molecule has 1 atom stereocenters. The molecule has 1 amide bonds. The van der Waals surface area contributed by atoms with Crippen molar-refractivity contribution in [3.8, 4) is 11.5 Å². The molecule has 2 heterocycles. The van der Waals surface area contributed by atoms with Gasteiger partial charge in [-0.15, -0.1) is 0 Å². The Kier molecular flexibility index (Phi) is 8.79. The predicted octanol–water partition coefficient (Wildman–Crippen LogP) is 4.52. The normalized spacial score (nSPS) is 15.5. The molecule has 1 aliphatic rings. The summed E-state index contributed by atoms with van der Waals surface area (Å²) in [5, 5.41) is 3.00. The first-order chi connectivity index (χ1) is 16.8. The molecule has 7 nitrogen and oxygen atoms in total. The van der Waals surface area contributed by atoms with Crippen molar-refractivity contribution < 1.29 is 19.0 Å². The summed E-state index contributed by atoms with van der Waals surface area (Å²) in [6, 6.07) is 16.0. The fourth-order valence-electron chi connectivity index (χ4n) is 4.40. The molecule has 1 aromatic heterocycles. The van der Waals surface area contributed by atoms with E-state index in [9.17, 15) is 4.79 Å². The molecule has 0 spiro atoms. The number of benzene rings is 2. The fourth-order valence-corrected chi connectivity index (χ4v) is 4.40. The molecule has 0 aliphatic carbocycles. The number of hydrogen-bond donors (Lipinski definition) is 1. The lowest BCUT2D eigenvalue weighted by Gasteiger charge is -2.12. The van der Waals surface area contributed by atoms with E-state index in [0.29, 0.717) is 19.8 Å². The number of imidazole rings is 1. The van der Waals surface area contributed by atoms with Gasteiger partial charge in [0.1, 0.15) is 11.9 Å². The quantitative estimate of drug-likeness (QED) is 0.376. The molecule has 4 rings (SSSR count). The van der Waals surface area contributed by atoms with Crippen LogP contribution in [-0.4, -0.2) is 48.4 Å². The van der Waals surface area contributed by atoms with Gasteiger partial charge >= 0.3 is 0 Å². The Labute approximate surface area is 201 Å². The third-order valence-corrected chi connectivity index (χ3v) is 6.18. The lowest BCUT2D eigenvalue weighted by Crippen LogP contribution is -2.34. The van der Waals surface area contributed by atoms with Gasteiger partial charge in [0.25, 0.3) is 0 Å². The minimum absolute atomic E-state index is 0.0367. The van der Waals surface area contributed by atoms with Crippen molar-refractivity contribution in [2.45, 2.75) is 57.6 Å². The predicted molar refractivity (Wildman–Crippen MR) is 132 cm³/mol. The number of aromatic nitrogens is 2. The maximum atomic E-state index is 12.0. The number of methoxy groups -OCH3 is 1. The third-order valence-electron chi connectivity index (χ3n) is 6.18. The number of nitrogens with zero attached hydrogens (tertiary/aromatic N) is 2. The van der Waals surface area contributed by atoms with Crippen LogP contribution < -0.4 is 14.8 Å². The van der Waals surface area contributed by atoms with Crippen LogP contribution in [0.15, 0.2) is 48.5 Å². The van der Waals surface area contributed by atoms with Crippen LogP contribution in [0.3, 0.4) is 0 Å². The summed E-state index contributed by atoms with van der Waals surface area (Å²) in [6.45, 7) is 2.86. The van der Waals surface area contributed by atoms with Gasteiger partial charge in [-0.05, 0) is 56.4 Å². The molecule has 3 aromatic rings. The molecule has 0 bridgehead atoms. The minimum atomic E-state index is -0.244. The summed E-state index contributed by atoms with van der Waals surface area (Å²) in [5.41, 5.74) is 2.20. The van der Waals surface area contributed by atoms with Crippen molar-refractivity contribution in [3.05, 3.63) is 54.4 Å². The number of carbonyl (C=O) groups excluding carboxylic acids is 1. The highest BCUT2D eigenvalue weighted by Gasteiger charge is 2.22. The second-order valence-corrected chi connectivity index (χ2v) is 8.62. The van der Waals surface area contributed by atoms with Gasteiger partial charge in [-0.2, -0.15) is 0 Å². The van der Waals surface area contributed by atoms with Crippen molar-refractivity contribution >= 4 is 16.9 Å². The molecule has 7 heteroatoms. The topological polar surface area (TPSA) is 74.6 Å². The first-order valence-electron chi connectivity index (χ1n) is 12.4. The highest BCUT2D eigenvalue weighted by molar-refractivity contribution is 5.80. The number of para-hydroxylation sites is 4. The van der Waals surface area contributed by atoms with Crippen molar-refractivity contribution in [1.29, 1.82) is 0 Å². The Bertz CT molecular complexity index is 1060. The average molecular weight is 466 g/mol. The Hall–Kier alpha value is -3.06. The smallest absolute Gasteiger partial charge is 0.249 e.